The Morgan fingerprint density at radius 3 is 2.90 bits per heavy atom. The molecule has 0 unspecified atom stereocenters. The maximum Gasteiger partial charge on any atom is 0.282 e. The van der Waals surface area contributed by atoms with Gasteiger partial charge < -0.3 is 5.32 Å². The molecule has 0 saturated heterocycles. The molecule has 0 bridgehead atoms. The zero-order chi connectivity index (χ0) is 14.5. The topological polar surface area (TPSA) is 110 Å². The number of rotatable bonds is 5. The molecule has 9 heteroatoms. The van der Waals surface area contributed by atoms with Crippen LogP contribution in [0.15, 0.2) is 23.7 Å². The van der Waals surface area contributed by atoms with E-state index in [1.54, 1.807) is 6.07 Å². The van der Waals surface area contributed by atoms with Crippen molar-refractivity contribution in [3.05, 3.63) is 39.4 Å². The van der Waals surface area contributed by atoms with E-state index in [9.17, 15) is 14.9 Å². The molecular formula is C11H11N5O3S. The highest BCUT2D eigenvalue weighted by atomic mass is 32.1. The molecule has 20 heavy (non-hydrogen) atoms. The van der Waals surface area contributed by atoms with Crippen molar-refractivity contribution >= 4 is 33.8 Å². The first-order valence-corrected chi connectivity index (χ1v) is 6.59. The average molecular weight is 293 g/mol. The zero-order valence-corrected chi connectivity index (χ0v) is 11.3. The van der Waals surface area contributed by atoms with E-state index in [1.165, 1.54) is 17.6 Å². The van der Waals surface area contributed by atoms with Crippen molar-refractivity contribution in [1.82, 2.24) is 10.2 Å². The maximum atomic E-state index is 12.1. The van der Waals surface area contributed by atoms with E-state index in [0.29, 0.717) is 12.2 Å². The van der Waals surface area contributed by atoms with Crippen molar-refractivity contribution in [2.24, 2.45) is 0 Å². The molecule has 0 aliphatic heterocycles. The van der Waals surface area contributed by atoms with Gasteiger partial charge in [0.1, 0.15) is 11.1 Å². The summed E-state index contributed by atoms with van der Waals surface area (Å²) in [6.07, 6.45) is 0. The smallest absolute Gasteiger partial charge is 0.282 e. The average Bonchev–Trinajstić information content (AvgIpc) is 2.91. The molecule has 8 nitrogen and oxygen atoms in total. The SMILES string of the molecule is CCNc1ccc([N+](=O)[O-])c(C(=O)Nc2nncs2)c1. The molecule has 1 aromatic heterocycles. The fourth-order valence-corrected chi connectivity index (χ4v) is 2.02. The minimum atomic E-state index is -0.593. The normalized spacial score (nSPS) is 10.1. The highest BCUT2D eigenvalue weighted by Gasteiger charge is 2.21. The highest BCUT2D eigenvalue weighted by molar-refractivity contribution is 7.13. The number of nitrogens with zero attached hydrogens (tertiary/aromatic N) is 3. The quantitative estimate of drug-likeness (QED) is 0.645. The summed E-state index contributed by atoms with van der Waals surface area (Å²) >= 11 is 1.13. The van der Waals surface area contributed by atoms with E-state index >= 15 is 0 Å². The second-order valence-electron chi connectivity index (χ2n) is 3.72. The van der Waals surface area contributed by atoms with Gasteiger partial charge in [0.15, 0.2) is 0 Å². The summed E-state index contributed by atoms with van der Waals surface area (Å²) in [6, 6.07) is 4.30. The lowest BCUT2D eigenvalue weighted by Crippen LogP contribution is -2.14. The number of hydrogen-bond donors (Lipinski definition) is 2. The molecule has 2 N–H and O–H groups in total. The number of benzene rings is 1. The number of carbonyl (C=O) groups is 1. The van der Waals surface area contributed by atoms with Crippen LogP contribution in [0.25, 0.3) is 0 Å². The first-order chi connectivity index (χ1) is 9.61. The monoisotopic (exact) mass is 293 g/mol. The van der Waals surface area contributed by atoms with E-state index in [-0.39, 0.29) is 16.4 Å². The fourth-order valence-electron chi connectivity index (χ4n) is 1.58. The molecule has 1 aromatic carbocycles. The molecule has 1 amide bonds. The molecule has 0 atom stereocenters. The summed E-state index contributed by atoms with van der Waals surface area (Å²) < 4.78 is 0. The van der Waals surface area contributed by atoms with Crippen molar-refractivity contribution in [2.75, 3.05) is 17.2 Å². The molecule has 2 aromatic rings. The van der Waals surface area contributed by atoms with E-state index in [4.69, 9.17) is 0 Å². The molecule has 104 valence electrons. The van der Waals surface area contributed by atoms with Gasteiger partial charge in [-0.25, -0.2) is 0 Å². The molecule has 0 aliphatic carbocycles. The number of hydrogen-bond acceptors (Lipinski definition) is 7. The van der Waals surface area contributed by atoms with E-state index in [1.807, 2.05) is 6.92 Å². The molecule has 0 fully saturated rings. The van der Waals surface area contributed by atoms with Gasteiger partial charge in [0, 0.05) is 18.3 Å². The van der Waals surface area contributed by atoms with Gasteiger partial charge in [-0.2, -0.15) is 0 Å². The Hall–Kier alpha value is -2.55. The van der Waals surface area contributed by atoms with Crippen molar-refractivity contribution in [1.29, 1.82) is 0 Å². The molecular weight excluding hydrogens is 282 g/mol. The molecule has 0 saturated carbocycles. The Labute approximate surface area is 118 Å². The minimum absolute atomic E-state index is 0.0244. The van der Waals surface area contributed by atoms with Gasteiger partial charge in [-0.3, -0.25) is 20.2 Å². The Balaban J connectivity index is 2.33. The molecule has 0 aliphatic rings. The second-order valence-corrected chi connectivity index (χ2v) is 4.55. The lowest BCUT2D eigenvalue weighted by Gasteiger charge is -2.07. The Bertz CT molecular complexity index is 629. The van der Waals surface area contributed by atoms with Gasteiger partial charge in [-0.1, -0.05) is 11.3 Å². The molecule has 0 spiro atoms. The number of nitro groups is 1. The van der Waals surface area contributed by atoms with Gasteiger partial charge in [-0.15, -0.1) is 10.2 Å². The summed E-state index contributed by atoms with van der Waals surface area (Å²) in [5.41, 5.74) is 1.82. The van der Waals surface area contributed by atoms with E-state index in [0.717, 1.165) is 11.3 Å². The number of anilines is 2. The van der Waals surface area contributed by atoms with Crippen LogP contribution in [0.2, 0.25) is 0 Å². The lowest BCUT2D eigenvalue weighted by atomic mass is 10.1. The number of amides is 1. The summed E-state index contributed by atoms with van der Waals surface area (Å²) in [7, 11) is 0. The van der Waals surface area contributed by atoms with Gasteiger partial charge in [0.2, 0.25) is 5.13 Å². The number of aromatic nitrogens is 2. The molecule has 0 radical (unpaired) electrons. The van der Waals surface area contributed by atoms with E-state index < -0.39 is 10.8 Å². The largest absolute Gasteiger partial charge is 0.385 e. The van der Waals surface area contributed by atoms with Crippen LogP contribution in [0, 0.1) is 10.1 Å². The van der Waals surface area contributed by atoms with Crippen LogP contribution in [0.3, 0.4) is 0 Å². The fraction of sp³-hybridized carbons (Fsp3) is 0.182. The standard InChI is InChI=1S/C11H11N5O3S/c1-2-12-7-3-4-9(16(18)19)8(5-7)10(17)14-11-15-13-6-20-11/h3-6,12H,2H2,1H3,(H,14,15,17). The van der Waals surface area contributed by atoms with Crippen LogP contribution in [-0.2, 0) is 0 Å². The van der Waals surface area contributed by atoms with Gasteiger partial charge in [0.05, 0.1) is 4.92 Å². The maximum absolute atomic E-state index is 12.1. The van der Waals surface area contributed by atoms with Gasteiger partial charge in [-0.05, 0) is 19.1 Å². The Kier molecular flexibility index (Phi) is 4.20. The Morgan fingerprint density at radius 2 is 2.30 bits per heavy atom. The van der Waals surface area contributed by atoms with Gasteiger partial charge >= 0.3 is 0 Å². The third-order valence-electron chi connectivity index (χ3n) is 2.40. The summed E-state index contributed by atoms with van der Waals surface area (Å²) in [5.74, 6) is -0.590. The molecule has 2 rings (SSSR count). The van der Waals surface area contributed by atoms with Crippen molar-refractivity contribution in [3.63, 3.8) is 0 Å². The van der Waals surface area contributed by atoms with Crippen LogP contribution in [0.1, 0.15) is 17.3 Å². The van der Waals surface area contributed by atoms with Crippen LogP contribution < -0.4 is 10.6 Å². The molecule has 1 heterocycles. The van der Waals surface area contributed by atoms with Crippen molar-refractivity contribution < 1.29 is 9.72 Å². The van der Waals surface area contributed by atoms with Crippen molar-refractivity contribution in [2.45, 2.75) is 6.92 Å². The first kappa shape index (κ1) is 13.9. The van der Waals surface area contributed by atoms with Crippen molar-refractivity contribution in [3.8, 4) is 0 Å². The third kappa shape index (κ3) is 3.06. The van der Waals surface area contributed by atoms with E-state index in [2.05, 4.69) is 20.8 Å². The van der Waals surface area contributed by atoms with Crippen LogP contribution in [0.5, 0.6) is 0 Å². The first-order valence-electron chi connectivity index (χ1n) is 5.71. The lowest BCUT2D eigenvalue weighted by molar-refractivity contribution is -0.385. The van der Waals surface area contributed by atoms with Gasteiger partial charge in [0.25, 0.3) is 11.6 Å². The highest BCUT2D eigenvalue weighted by Crippen LogP contribution is 2.24. The van der Waals surface area contributed by atoms with Crippen LogP contribution in [0.4, 0.5) is 16.5 Å². The second kappa shape index (κ2) is 6.06. The minimum Gasteiger partial charge on any atom is -0.385 e. The number of nitro benzene ring substituents is 1. The zero-order valence-electron chi connectivity index (χ0n) is 10.5. The third-order valence-corrected chi connectivity index (χ3v) is 3.01. The predicted molar refractivity (Wildman–Crippen MR) is 75.1 cm³/mol. The van der Waals surface area contributed by atoms with Crippen LogP contribution in [-0.4, -0.2) is 27.6 Å². The summed E-state index contributed by atoms with van der Waals surface area (Å²) in [6.45, 7) is 2.54. The summed E-state index contributed by atoms with van der Waals surface area (Å²) in [5, 5.41) is 24.0. The Morgan fingerprint density at radius 1 is 1.50 bits per heavy atom. The summed E-state index contributed by atoms with van der Waals surface area (Å²) in [4.78, 5) is 22.5. The number of nitrogens with one attached hydrogen (secondary N) is 2. The predicted octanol–water partition coefficient (Wildman–Crippen LogP) is 2.13. The number of carbonyl (C=O) groups excluding carboxylic acids is 1. The van der Waals surface area contributed by atoms with Crippen LogP contribution >= 0.6 is 11.3 Å².